The number of hydrogen-bond acceptors (Lipinski definition) is 7. The van der Waals surface area contributed by atoms with Crippen LogP contribution in [0.15, 0.2) is 53.3 Å². The number of aryl methyl sites for hydroxylation is 1. The van der Waals surface area contributed by atoms with Gasteiger partial charge in [0.1, 0.15) is 5.75 Å². The van der Waals surface area contributed by atoms with Crippen molar-refractivity contribution in [1.82, 2.24) is 30.0 Å². The molecule has 1 unspecified atom stereocenters. The van der Waals surface area contributed by atoms with Crippen molar-refractivity contribution in [2.75, 3.05) is 13.7 Å². The summed E-state index contributed by atoms with van der Waals surface area (Å²) in [6, 6.07) is 11.1. The first-order valence-electron chi connectivity index (χ1n) is 10.8. The average molecular weight is 444 g/mol. The summed E-state index contributed by atoms with van der Waals surface area (Å²) in [6.07, 6.45) is 4.81. The zero-order valence-electron chi connectivity index (χ0n) is 18.7. The van der Waals surface area contributed by atoms with E-state index in [1.807, 2.05) is 55.1 Å². The van der Waals surface area contributed by atoms with E-state index in [0.29, 0.717) is 29.5 Å². The molecule has 0 bridgehead atoms. The Kier molecular flexibility index (Phi) is 5.37. The number of likely N-dealkylation sites (tertiary alicyclic amines) is 1. The molecule has 2 aromatic heterocycles. The third-order valence-corrected chi connectivity index (χ3v) is 6.00. The second-order valence-corrected chi connectivity index (χ2v) is 8.09. The van der Waals surface area contributed by atoms with Gasteiger partial charge in [-0.05, 0) is 51.0 Å². The zero-order chi connectivity index (χ0) is 22.9. The molecule has 168 valence electrons. The Hall–Kier alpha value is -4.01. The first-order chi connectivity index (χ1) is 16.1. The molecule has 0 saturated carbocycles. The fourth-order valence-corrected chi connectivity index (χ4v) is 4.32. The lowest BCUT2D eigenvalue weighted by atomic mass is 10.1. The molecule has 1 aliphatic rings. The molecule has 1 atom stereocenters. The van der Waals surface area contributed by atoms with Gasteiger partial charge in [0.2, 0.25) is 0 Å². The lowest BCUT2D eigenvalue weighted by Crippen LogP contribution is -2.32. The van der Waals surface area contributed by atoms with Crippen molar-refractivity contribution in [3.05, 3.63) is 71.3 Å². The Morgan fingerprint density at radius 2 is 1.97 bits per heavy atom. The molecular weight excluding hydrogens is 420 g/mol. The van der Waals surface area contributed by atoms with Gasteiger partial charge in [-0.3, -0.25) is 4.79 Å². The molecule has 3 heterocycles. The van der Waals surface area contributed by atoms with Crippen molar-refractivity contribution in [2.45, 2.75) is 32.7 Å². The van der Waals surface area contributed by atoms with Crippen molar-refractivity contribution in [1.29, 1.82) is 0 Å². The fraction of sp³-hybridized carbons (Fsp3) is 0.292. The lowest BCUT2D eigenvalue weighted by molar-refractivity contribution is 0.0728. The van der Waals surface area contributed by atoms with E-state index in [-0.39, 0.29) is 11.9 Å². The monoisotopic (exact) mass is 444 g/mol. The zero-order valence-corrected chi connectivity index (χ0v) is 18.7. The van der Waals surface area contributed by atoms with E-state index in [2.05, 4.69) is 20.3 Å². The number of hydrogen-bond donors (Lipinski definition) is 0. The summed E-state index contributed by atoms with van der Waals surface area (Å²) in [6.45, 7) is 4.53. The average Bonchev–Trinajstić information content (AvgIpc) is 3.60. The van der Waals surface area contributed by atoms with Crippen LogP contribution in [0.2, 0.25) is 0 Å². The Balaban J connectivity index is 1.47. The molecule has 5 rings (SSSR count). The highest BCUT2D eigenvalue weighted by Gasteiger charge is 2.35. The van der Waals surface area contributed by atoms with E-state index >= 15 is 0 Å². The van der Waals surface area contributed by atoms with Crippen LogP contribution in [0.1, 0.15) is 46.2 Å². The molecule has 9 heteroatoms. The Labute approximate surface area is 191 Å². The summed E-state index contributed by atoms with van der Waals surface area (Å²) < 4.78 is 11.0. The van der Waals surface area contributed by atoms with Crippen LogP contribution in [0.4, 0.5) is 0 Å². The molecule has 0 spiro atoms. The van der Waals surface area contributed by atoms with Crippen LogP contribution in [-0.4, -0.2) is 49.6 Å². The number of rotatable bonds is 5. The molecular formula is C24H24N6O3. The number of aromatic nitrogens is 5. The number of benzene rings is 2. The maximum absolute atomic E-state index is 13.7. The summed E-state index contributed by atoms with van der Waals surface area (Å²) in [5.41, 5.74) is 3.91. The standard InChI is InChI=1S/C24H24N6O3/c1-15-9-10-19(30-25-11-12-26-30)18(14-15)24(31)29-13-5-7-20(29)22-27-23(33-28-22)17-6-4-8-21(32-3)16(17)2/h4,6,8-12,14,20H,5,7,13H2,1-3H3. The van der Waals surface area contributed by atoms with E-state index in [4.69, 9.17) is 9.26 Å². The van der Waals surface area contributed by atoms with Gasteiger partial charge >= 0.3 is 0 Å². The van der Waals surface area contributed by atoms with Crippen LogP contribution in [0.3, 0.4) is 0 Å². The van der Waals surface area contributed by atoms with Gasteiger partial charge in [0.15, 0.2) is 5.82 Å². The Morgan fingerprint density at radius 3 is 2.76 bits per heavy atom. The number of carbonyl (C=O) groups is 1. The van der Waals surface area contributed by atoms with Crippen LogP contribution in [-0.2, 0) is 0 Å². The summed E-state index contributed by atoms with van der Waals surface area (Å²) in [4.78, 5) is 21.6. The highest BCUT2D eigenvalue weighted by Crippen LogP contribution is 2.35. The molecule has 1 aliphatic heterocycles. The van der Waals surface area contributed by atoms with Crippen LogP contribution < -0.4 is 4.74 Å². The van der Waals surface area contributed by atoms with Gasteiger partial charge in [0, 0.05) is 17.7 Å². The summed E-state index contributed by atoms with van der Waals surface area (Å²) in [7, 11) is 1.63. The van der Waals surface area contributed by atoms with Crippen LogP contribution in [0.25, 0.3) is 17.1 Å². The molecule has 9 nitrogen and oxygen atoms in total. The maximum Gasteiger partial charge on any atom is 0.258 e. The molecule has 0 aliphatic carbocycles. The number of carbonyl (C=O) groups excluding carboxylic acids is 1. The minimum absolute atomic E-state index is 0.0996. The minimum atomic E-state index is -0.264. The predicted octanol–water partition coefficient (Wildman–Crippen LogP) is 3.92. The van der Waals surface area contributed by atoms with Gasteiger partial charge in [-0.2, -0.15) is 20.0 Å². The summed E-state index contributed by atoms with van der Waals surface area (Å²) in [5.74, 6) is 1.57. The smallest absolute Gasteiger partial charge is 0.258 e. The van der Waals surface area contributed by atoms with Gasteiger partial charge in [-0.1, -0.05) is 22.9 Å². The number of nitrogens with zero attached hydrogens (tertiary/aromatic N) is 6. The maximum atomic E-state index is 13.7. The molecule has 1 amide bonds. The molecule has 1 saturated heterocycles. The van der Waals surface area contributed by atoms with Crippen molar-refractivity contribution in [3.8, 4) is 22.9 Å². The lowest BCUT2D eigenvalue weighted by Gasteiger charge is -2.23. The third kappa shape index (κ3) is 3.75. The third-order valence-electron chi connectivity index (χ3n) is 6.00. The van der Waals surface area contributed by atoms with Crippen LogP contribution >= 0.6 is 0 Å². The van der Waals surface area contributed by atoms with Gasteiger partial charge in [0.25, 0.3) is 11.8 Å². The Morgan fingerprint density at radius 1 is 1.15 bits per heavy atom. The highest BCUT2D eigenvalue weighted by molar-refractivity contribution is 5.98. The minimum Gasteiger partial charge on any atom is -0.496 e. The number of amides is 1. The summed E-state index contributed by atoms with van der Waals surface area (Å²) in [5, 5.41) is 12.7. The first-order valence-corrected chi connectivity index (χ1v) is 10.8. The first kappa shape index (κ1) is 20.9. The molecule has 0 radical (unpaired) electrons. The van der Waals surface area contributed by atoms with E-state index < -0.39 is 0 Å². The van der Waals surface area contributed by atoms with Gasteiger partial charge in [-0.25, -0.2) is 0 Å². The number of methoxy groups -OCH3 is 1. The second-order valence-electron chi connectivity index (χ2n) is 8.09. The molecule has 1 fully saturated rings. The largest absolute Gasteiger partial charge is 0.496 e. The van der Waals surface area contributed by atoms with E-state index in [1.54, 1.807) is 19.5 Å². The fourth-order valence-electron chi connectivity index (χ4n) is 4.32. The molecule has 4 aromatic rings. The summed E-state index contributed by atoms with van der Waals surface area (Å²) >= 11 is 0. The number of ether oxygens (including phenoxy) is 1. The quantitative estimate of drug-likeness (QED) is 0.460. The molecule has 33 heavy (non-hydrogen) atoms. The van der Waals surface area contributed by atoms with Gasteiger partial charge in [0.05, 0.1) is 36.8 Å². The van der Waals surface area contributed by atoms with Crippen molar-refractivity contribution in [3.63, 3.8) is 0 Å². The van der Waals surface area contributed by atoms with E-state index in [9.17, 15) is 4.79 Å². The SMILES string of the molecule is COc1cccc(-c2nc(C3CCCN3C(=O)c3cc(C)ccc3-n3nccn3)no2)c1C. The molecule has 2 aromatic carbocycles. The van der Waals surface area contributed by atoms with Gasteiger partial charge < -0.3 is 14.2 Å². The van der Waals surface area contributed by atoms with Crippen molar-refractivity contribution >= 4 is 5.91 Å². The van der Waals surface area contributed by atoms with E-state index in [1.165, 1.54) is 4.80 Å². The van der Waals surface area contributed by atoms with Crippen LogP contribution in [0.5, 0.6) is 5.75 Å². The van der Waals surface area contributed by atoms with Gasteiger partial charge in [-0.15, -0.1) is 0 Å². The van der Waals surface area contributed by atoms with Crippen LogP contribution in [0, 0.1) is 13.8 Å². The highest BCUT2D eigenvalue weighted by atomic mass is 16.5. The Bertz CT molecular complexity index is 1300. The molecule has 0 N–H and O–H groups in total. The van der Waals surface area contributed by atoms with E-state index in [0.717, 1.165) is 35.3 Å². The van der Waals surface area contributed by atoms with Crippen molar-refractivity contribution < 1.29 is 14.1 Å². The second kappa shape index (κ2) is 8.50. The predicted molar refractivity (Wildman–Crippen MR) is 120 cm³/mol. The van der Waals surface area contributed by atoms with Crippen molar-refractivity contribution in [2.24, 2.45) is 0 Å². The normalized spacial score (nSPS) is 15.7. The topological polar surface area (TPSA) is 99.2 Å².